The van der Waals surface area contributed by atoms with Gasteiger partial charge in [0, 0.05) is 55.7 Å². The third-order valence-electron chi connectivity index (χ3n) is 5.18. The zero-order valence-corrected chi connectivity index (χ0v) is 16.9. The van der Waals surface area contributed by atoms with E-state index in [-0.39, 0.29) is 16.9 Å². The summed E-state index contributed by atoms with van der Waals surface area (Å²) >= 11 is 1.41. The van der Waals surface area contributed by atoms with Crippen LogP contribution >= 0.6 is 11.5 Å². The molecule has 1 amide bonds. The second-order valence-electron chi connectivity index (χ2n) is 7.01. The molecule has 1 aliphatic heterocycles. The lowest BCUT2D eigenvalue weighted by molar-refractivity contribution is 0.0765. The Kier molecular flexibility index (Phi) is 5.13. The van der Waals surface area contributed by atoms with Gasteiger partial charge < -0.3 is 14.8 Å². The Morgan fingerprint density at radius 3 is 2.89 bits per heavy atom. The van der Waals surface area contributed by atoms with Crippen LogP contribution in [0.3, 0.4) is 0 Å². The number of hydrogen-bond donors (Lipinski definition) is 1. The van der Waals surface area contributed by atoms with Gasteiger partial charge in [-0.3, -0.25) is 9.59 Å². The van der Waals surface area contributed by atoms with E-state index < -0.39 is 0 Å². The summed E-state index contributed by atoms with van der Waals surface area (Å²) in [6.07, 6.45) is 3.21. The Hall–Kier alpha value is -2.74. The molecular weight excluding hydrogens is 374 g/mol. The molecule has 8 heteroatoms. The van der Waals surface area contributed by atoms with E-state index in [9.17, 15) is 9.59 Å². The number of aryl methyl sites for hydroxylation is 2. The van der Waals surface area contributed by atoms with Crippen molar-refractivity contribution in [2.45, 2.75) is 26.7 Å². The lowest BCUT2D eigenvalue weighted by atomic mass is 10.1. The molecule has 3 aromatic rings. The van der Waals surface area contributed by atoms with Crippen LogP contribution in [0.4, 0.5) is 5.13 Å². The van der Waals surface area contributed by atoms with E-state index in [0.29, 0.717) is 25.0 Å². The quantitative estimate of drug-likeness (QED) is 0.735. The fourth-order valence-electron chi connectivity index (χ4n) is 3.56. The average Bonchev–Trinajstić information content (AvgIpc) is 3.05. The lowest BCUT2D eigenvalue weighted by Crippen LogP contribution is -2.37. The summed E-state index contributed by atoms with van der Waals surface area (Å²) in [6.45, 7) is 6.69. The monoisotopic (exact) mass is 397 g/mol. The standard InChI is InChI=1S/C20H23N5O2S/c1-3-16-22-20(28-23-16)25-9-5-8-24(10-11-25)19(27)15-12-21-17-13(2)6-4-7-14(17)18(15)26/h4,6-7,12H,3,5,8-11H2,1-2H3,(H,21,26). The van der Waals surface area contributed by atoms with Gasteiger partial charge in [-0.1, -0.05) is 19.1 Å². The van der Waals surface area contributed by atoms with Crippen LogP contribution in [0, 0.1) is 6.92 Å². The molecule has 0 unspecified atom stereocenters. The lowest BCUT2D eigenvalue weighted by Gasteiger charge is -2.21. The molecule has 1 N–H and O–H groups in total. The fourth-order valence-corrected chi connectivity index (χ4v) is 4.36. The normalized spacial score (nSPS) is 15.1. The van der Waals surface area contributed by atoms with Crippen LogP contribution in [-0.4, -0.2) is 51.3 Å². The zero-order chi connectivity index (χ0) is 19.7. The van der Waals surface area contributed by atoms with Gasteiger partial charge >= 0.3 is 0 Å². The molecule has 146 valence electrons. The molecule has 1 fully saturated rings. The minimum Gasteiger partial charge on any atom is -0.360 e. The van der Waals surface area contributed by atoms with Crippen LogP contribution in [0.15, 0.2) is 29.2 Å². The second kappa shape index (κ2) is 7.71. The molecule has 0 radical (unpaired) electrons. The van der Waals surface area contributed by atoms with Crippen LogP contribution in [0.2, 0.25) is 0 Å². The molecule has 1 saturated heterocycles. The van der Waals surface area contributed by atoms with Gasteiger partial charge in [-0.15, -0.1) is 0 Å². The average molecular weight is 398 g/mol. The van der Waals surface area contributed by atoms with Crippen molar-refractivity contribution in [2.75, 3.05) is 31.1 Å². The number of H-pyrrole nitrogens is 1. The van der Waals surface area contributed by atoms with Crippen LogP contribution in [0.5, 0.6) is 0 Å². The summed E-state index contributed by atoms with van der Waals surface area (Å²) in [5.74, 6) is 0.646. The molecule has 0 saturated carbocycles. The SMILES string of the molecule is CCc1nsc(N2CCCN(C(=O)c3c[nH]c4c(C)cccc4c3=O)CC2)n1. The number of nitrogens with one attached hydrogen (secondary N) is 1. The Morgan fingerprint density at radius 1 is 1.25 bits per heavy atom. The first-order chi connectivity index (χ1) is 13.6. The van der Waals surface area contributed by atoms with Crippen molar-refractivity contribution in [1.29, 1.82) is 0 Å². The summed E-state index contributed by atoms with van der Waals surface area (Å²) in [4.78, 5) is 37.6. The number of carbonyl (C=O) groups is 1. The number of amides is 1. The molecule has 4 rings (SSSR count). The van der Waals surface area contributed by atoms with Crippen molar-refractivity contribution in [3.8, 4) is 0 Å². The van der Waals surface area contributed by atoms with Crippen LogP contribution in [0.1, 0.15) is 35.1 Å². The molecule has 28 heavy (non-hydrogen) atoms. The molecule has 0 atom stereocenters. The number of para-hydroxylation sites is 1. The molecule has 0 bridgehead atoms. The Bertz CT molecular complexity index is 1070. The summed E-state index contributed by atoms with van der Waals surface area (Å²) in [5, 5.41) is 1.47. The molecule has 7 nitrogen and oxygen atoms in total. The van der Waals surface area contributed by atoms with Gasteiger partial charge in [0.15, 0.2) is 0 Å². The van der Waals surface area contributed by atoms with Gasteiger partial charge in [0.05, 0.1) is 5.52 Å². The van der Waals surface area contributed by atoms with E-state index in [1.807, 2.05) is 26.0 Å². The minimum absolute atomic E-state index is 0.204. The summed E-state index contributed by atoms with van der Waals surface area (Å²) < 4.78 is 4.35. The van der Waals surface area contributed by atoms with E-state index >= 15 is 0 Å². The third-order valence-corrected chi connectivity index (χ3v) is 6.00. The molecular formula is C20H23N5O2S. The number of nitrogens with zero attached hydrogens (tertiary/aromatic N) is 4. The molecule has 2 aromatic heterocycles. The third kappa shape index (κ3) is 3.40. The Morgan fingerprint density at radius 2 is 2.11 bits per heavy atom. The highest BCUT2D eigenvalue weighted by Gasteiger charge is 2.24. The summed E-state index contributed by atoms with van der Waals surface area (Å²) in [5.41, 5.74) is 1.77. The number of fused-ring (bicyclic) bond motifs is 1. The van der Waals surface area contributed by atoms with Crippen molar-refractivity contribution in [3.05, 3.63) is 51.6 Å². The molecule has 3 heterocycles. The van der Waals surface area contributed by atoms with E-state index in [1.165, 1.54) is 11.5 Å². The van der Waals surface area contributed by atoms with Crippen LogP contribution in [0.25, 0.3) is 10.9 Å². The van der Waals surface area contributed by atoms with Gasteiger partial charge in [0.1, 0.15) is 11.4 Å². The van der Waals surface area contributed by atoms with Gasteiger partial charge in [0.25, 0.3) is 5.91 Å². The van der Waals surface area contributed by atoms with Gasteiger partial charge in [0.2, 0.25) is 10.6 Å². The largest absolute Gasteiger partial charge is 0.360 e. The van der Waals surface area contributed by atoms with E-state index in [1.54, 1.807) is 17.2 Å². The molecule has 1 aliphatic rings. The van der Waals surface area contributed by atoms with Crippen molar-refractivity contribution in [2.24, 2.45) is 0 Å². The van der Waals surface area contributed by atoms with Crippen LogP contribution in [-0.2, 0) is 6.42 Å². The van der Waals surface area contributed by atoms with Gasteiger partial charge in [-0.05, 0) is 25.0 Å². The van der Waals surface area contributed by atoms with Gasteiger partial charge in [-0.25, -0.2) is 4.98 Å². The number of rotatable bonds is 3. The van der Waals surface area contributed by atoms with Crippen molar-refractivity contribution in [1.82, 2.24) is 19.2 Å². The molecule has 1 aromatic carbocycles. The molecule has 0 aliphatic carbocycles. The predicted octanol–water partition coefficient (Wildman–Crippen LogP) is 2.60. The number of aromatic amines is 1. The molecule has 0 spiro atoms. The maximum Gasteiger partial charge on any atom is 0.259 e. The maximum atomic E-state index is 13.1. The Labute approximate surface area is 167 Å². The predicted molar refractivity (Wildman–Crippen MR) is 111 cm³/mol. The van der Waals surface area contributed by atoms with Crippen molar-refractivity contribution in [3.63, 3.8) is 0 Å². The fraction of sp³-hybridized carbons (Fsp3) is 0.400. The summed E-state index contributed by atoms with van der Waals surface area (Å²) in [7, 11) is 0. The first kappa shape index (κ1) is 18.6. The first-order valence-electron chi connectivity index (χ1n) is 9.56. The maximum absolute atomic E-state index is 13.1. The van der Waals surface area contributed by atoms with Crippen LogP contribution < -0.4 is 10.3 Å². The number of hydrogen-bond acceptors (Lipinski definition) is 6. The smallest absolute Gasteiger partial charge is 0.259 e. The van der Waals surface area contributed by atoms with E-state index in [2.05, 4.69) is 19.2 Å². The van der Waals surface area contributed by atoms with Gasteiger partial charge in [-0.2, -0.15) is 4.37 Å². The number of benzene rings is 1. The summed E-state index contributed by atoms with van der Waals surface area (Å²) in [6, 6.07) is 5.56. The number of aromatic nitrogens is 3. The Balaban J connectivity index is 1.55. The highest BCUT2D eigenvalue weighted by Crippen LogP contribution is 2.20. The van der Waals surface area contributed by atoms with E-state index in [0.717, 1.165) is 41.4 Å². The topological polar surface area (TPSA) is 82.2 Å². The number of carbonyl (C=O) groups excluding carboxylic acids is 1. The van der Waals surface area contributed by atoms with Crippen molar-refractivity contribution >= 4 is 33.5 Å². The first-order valence-corrected chi connectivity index (χ1v) is 10.3. The zero-order valence-electron chi connectivity index (χ0n) is 16.1. The highest BCUT2D eigenvalue weighted by atomic mass is 32.1. The highest BCUT2D eigenvalue weighted by molar-refractivity contribution is 7.09. The second-order valence-corrected chi connectivity index (χ2v) is 7.74. The number of anilines is 1. The van der Waals surface area contributed by atoms with Crippen molar-refractivity contribution < 1.29 is 4.79 Å². The number of pyridine rings is 1. The van der Waals surface area contributed by atoms with E-state index in [4.69, 9.17) is 0 Å². The minimum atomic E-state index is -0.210.